The first-order valence-electron chi connectivity index (χ1n) is 4.87. The summed E-state index contributed by atoms with van der Waals surface area (Å²) in [6.45, 7) is 5.20. The molecule has 0 bridgehead atoms. The second-order valence-electron chi connectivity index (χ2n) is 4.37. The third-order valence-electron chi connectivity index (χ3n) is 2.89. The number of hydrogen-bond acceptors (Lipinski definition) is 3. The van der Waals surface area contributed by atoms with Crippen molar-refractivity contribution in [2.24, 2.45) is 0 Å². The minimum absolute atomic E-state index is 0.0462. The highest BCUT2D eigenvalue weighted by atomic mass is 16.3. The molecule has 1 aliphatic rings. The molecule has 0 unspecified atom stereocenters. The second kappa shape index (κ2) is 2.89. The topological polar surface area (TPSA) is 58.3 Å². The van der Waals surface area contributed by atoms with Crippen LogP contribution in [-0.4, -0.2) is 11.7 Å². The van der Waals surface area contributed by atoms with Crippen LogP contribution in [0.5, 0.6) is 5.75 Å². The van der Waals surface area contributed by atoms with Crippen LogP contribution in [0.4, 0.5) is 5.69 Å². The fourth-order valence-electron chi connectivity index (χ4n) is 2.04. The van der Waals surface area contributed by atoms with Crippen LogP contribution in [-0.2, 0) is 12.0 Å². The highest BCUT2D eigenvalue weighted by Gasteiger charge is 2.27. The standard InChI is InChI=1S/C11H16N2O/c1-11(2)8-6-9(12)10(14)5-7(8)3-4-13-11/h5-6,13-14H,3-4,12H2,1-2H3. The number of phenols is 1. The Balaban J connectivity index is 2.59. The largest absolute Gasteiger partial charge is 0.506 e. The normalized spacial score (nSPS) is 19.0. The first-order chi connectivity index (χ1) is 6.50. The van der Waals surface area contributed by atoms with Crippen LogP contribution in [0.2, 0.25) is 0 Å². The van der Waals surface area contributed by atoms with E-state index in [9.17, 15) is 5.11 Å². The van der Waals surface area contributed by atoms with Crippen LogP contribution < -0.4 is 11.1 Å². The number of nitrogens with two attached hydrogens (primary N) is 1. The number of nitrogen functional groups attached to an aromatic ring is 1. The molecule has 2 rings (SSSR count). The van der Waals surface area contributed by atoms with E-state index in [0.717, 1.165) is 13.0 Å². The summed E-state index contributed by atoms with van der Waals surface area (Å²) < 4.78 is 0. The zero-order chi connectivity index (χ0) is 10.3. The molecule has 1 aromatic carbocycles. The van der Waals surface area contributed by atoms with Gasteiger partial charge in [-0.3, -0.25) is 0 Å². The average molecular weight is 192 g/mol. The van der Waals surface area contributed by atoms with Gasteiger partial charge in [-0.25, -0.2) is 0 Å². The van der Waals surface area contributed by atoms with Gasteiger partial charge >= 0.3 is 0 Å². The molecule has 0 amide bonds. The number of phenolic OH excluding ortho intramolecular Hbond substituents is 1. The Morgan fingerprint density at radius 2 is 2.14 bits per heavy atom. The van der Waals surface area contributed by atoms with E-state index < -0.39 is 0 Å². The van der Waals surface area contributed by atoms with Crippen molar-refractivity contribution < 1.29 is 5.11 Å². The molecule has 1 heterocycles. The first kappa shape index (κ1) is 9.34. The molecular formula is C11H16N2O. The Morgan fingerprint density at radius 1 is 1.43 bits per heavy atom. The van der Waals surface area contributed by atoms with Crippen molar-refractivity contribution in [3.8, 4) is 5.75 Å². The number of rotatable bonds is 0. The van der Waals surface area contributed by atoms with Gasteiger partial charge in [-0.2, -0.15) is 0 Å². The third-order valence-corrected chi connectivity index (χ3v) is 2.89. The SMILES string of the molecule is CC1(C)NCCc2cc(O)c(N)cc21. The quantitative estimate of drug-likeness (QED) is 0.429. The van der Waals surface area contributed by atoms with Gasteiger partial charge in [0.2, 0.25) is 0 Å². The van der Waals surface area contributed by atoms with Gasteiger partial charge in [0.05, 0.1) is 5.69 Å². The summed E-state index contributed by atoms with van der Waals surface area (Å²) in [7, 11) is 0. The Bertz CT molecular complexity index is 372. The summed E-state index contributed by atoms with van der Waals surface area (Å²) in [5.41, 5.74) is 8.49. The van der Waals surface area contributed by atoms with E-state index in [1.54, 1.807) is 6.07 Å². The molecule has 1 aliphatic heterocycles. The van der Waals surface area contributed by atoms with Crippen LogP contribution >= 0.6 is 0 Å². The van der Waals surface area contributed by atoms with Crippen molar-refractivity contribution in [3.05, 3.63) is 23.3 Å². The van der Waals surface area contributed by atoms with Gasteiger partial charge in [-0.15, -0.1) is 0 Å². The van der Waals surface area contributed by atoms with Crippen LogP contribution in [0.3, 0.4) is 0 Å². The Labute approximate surface area is 83.9 Å². The Morgan fingerprint density at radius 3 is 2.86 bits per heavy atom. The predicted octanol–water partition coefficient (Wildman–Crippen LogP) is 1.36. The van der Waals surface area contributed by atoms with Crippen molar-refractivity contribution >= 4 is 5.69 Å². The average Bonchev–Trinajstić information content (AvgIpc) is 2.08. The maximum Gasteiger partial charge on any atom is 0.138 e. The lowest BCUT2D eigenvalue weighted by Gasteiger charge is -2.34. The number of hydrogen-bond donors (Lipinski definition) is 3. The van der Waals surface area contributed by atoms with Gasteiger partial charge in [0, 0.05) is 5.54 Å². The van der Waals surface area contributed by atoms with E-state index in [1.165, 1.54) is 11.1 Å². The zero-order valence-corrected chi connectivity index (χ0v) is 8.59. The summed E-state index contributed by atoms with van der Waals surface area (Å²) in [5.74, 6) is 0.196. The molecule has 0 saturated heterocycles. The minimum atomic E-state index is -0.0462. The molecule has 0 aliphatic carbocycles. The van der Waals surface area contributed by atoms with E-state index in [-0.39, 0.29) is 11.3 Å². The van der Waals surface area contributed by atoms with Gasteiger partial charge in [0.15, 0.2) is 0 Å². The van der Waals surface area contributed by atoms with E-state index in [4.69, 9.17) is 5.73 Å². The number of anilines is 1. The predicted molar refractivity (Wildman–Crippen MR) is 57.3 cm³/mol. The molecule has 0 saturated carbocycles. The molecule has 14 heavy (non-hydrogen) atoms. The molecular weight excluding hydrogens is 176 g/mol. The summed E-state index contributed by atoms with van der Waals surface area (Å²) >= 11 is 0. The summed E-state index contributed by atoms with van der Waals surface area (Å²) in [6.07, 6.45) is 0.951. The van der Waals surface area contributed by atoms with Gasteiger partial charge in [0.25, 0.3) is 0 Å². The first-order valence-corrected chi connectivity index (χ1v) is 4.87. The molecule has 76 valence electrons. The number of benzene rings is 1. The lowest BCUT2D eigenvalue weighted by atomic mass is 9.85. The lowest BCUT2D eigenvalue weighted by molar-refractivity contribution is 0.380. The minimum Gasteiger partial charge on any atom is -0.506 e. The van der Waals surface area contributed by atoms with E-state index in [0.29, 0.717) is 5.69 Å². The monoisotopic (exact) mass is 192 g/mol. The van der Waals surface area contributed by atoms with Crippen molar-refractivity contribution in [1.82, 2.24) is 5.32 Å². The second-order valence-corrected chi connectivity index (χ2v) is 4.37. The molecule has 1 aromatic rings. The number of nitrogens with one attached hydrogen (secondary N) is 1. The van der Waals surface area contributed by atoms with Crippen LogP contribution in [0.15, 0.2) is 12.1 Å². The Hall–Kier alpha value is -1.22. The molecule has 0 spiro atoms. The molecule has 0 fully saturated rings. The third kappa shape index (κ3) is 1.34. The molecule has 0 atom stereocenters. The number of fused-ring (bicyclic) bond motifs is 1. The highest BCUT2D eigenvalue weighted by Crippen LogP contribution is 2.33. The van der Waals surface area contributed by atoms with Crippen molar-refractivity contribution in [3.63, 3.8) is 0 Å². The highest BCUT2D eigenvalue weighted by molar-refractivity contribution is 5.58. The van der Waals surface area contributed by atoms with E-state index >= 15 is 0 Å². The van der Waals surface area contributed by atoms with Gasteiger partial charge in [0.1, 0.15) is 5.75 Å². The van der Waals surface area contributed by atoms with Crippen molar-refractivity contribution in [2.75, 3.05) is 12.3 Å². The van der Waals surface area contributed by atoms with Crippen molar-refractivity contribution in [2.45, 2.75) is 25.8 Å². The van der Waals surface area contributed by atoms with Crippen LogP contribution in [0.1, 0.15) is 25.0 Å². The van der Waals surface area contributed by atoms with Gasteiger partial charge in [-0.05, 0) is 50.1 Å². The van der Waals surface area contributed by atoms with E-state index in [2.05, 4.69) is 19.2 Å². The zero-order valence-electron chi connectivity index (χ0n) is 8.59. The fourth-order valence-corrected chi connectivity index (χ4v) is 2.04. The van der Waals surface area contributed by atoms with Crippen LogP contribution in [0.25, 0.3) is 0 Å². The fraction of sp³-hybridized carbons (Fsp3) is 0.455. The van der Waals surface area contributed by atoms with Gasteiger partial charge < -0.3 is 16.2 Å². The molecule has 0 radical (unpaired) electrons. The summed E-state index contributed by atoms with van der Waals surface area (Å²) in [6, 6.07) is 3.66. The smallest absolute Gasteiger partial charge is 0.138 e. The lowest BCUT2D eigenvalue weighted by Crippen LogP contribution is -2.42. The molecule has 0 aromatic heterocycles. The van der Waals surface area contributed by atoms with Crippen molar-refractivity contribution in [1.29, 1.82) is 0 Å². The number of aromatic hydroxyl groups is 1. The summed E-state index contributed by atoms with van der Waals surface area (Å²) in [5, 5.41) is 12.9. The Kier molecular flexibility index (Phi) is 1.93. The van der Waals surface area contributed by atoms with Crippen LogP contribution in [0, 0.1) is 0 Å². The summed E-state index contributed by atoms with van der Waals surface area (Å²) in [4.78, 5) is 0. The maximum absolute atomic E-state index is 9.50. The molecule has 4 N–H and O–H groups in total. The maximum atomic E-state index is 9.50. The van der Waals surface area contributed by atoms with E-state index in [1.807, 2.05) is 6.07 Å². The van der Waals surface area contributed by atoms with Gasteiger partial charge in [-0.1, -0.05) is 0 Å². The molecule has 3 heteroatoms. The molecule has 3 nitrogen and oxygen atoms in total.